The summed E-state index contributed by atoms with van der Waals surface area (Å²) in [6.07, 6.45) is 1.68. The van der Waals surface area contributed by atoms with Crippen LogP contribution in [0.25, 0.3) is 0 Å². The van der Waals surface area contributed by atoms with Gasteiger partial charge in [-0.2, -0.15) is 0 Å². The van der Waals surface area contributed by atoms with Crippen LogP contribution in [0.3, 0.4) is 0 Å². The molecule has 0 aliphatic carbocycles. The molecule has 0 saturated carbocycles. The van der Waals surface area contributed by atoms with Gasteiger partial charge in [0.15, 0.2) is 0 Å². The summed E-state index contributed by atoms with van der Waals surface area (Å²) in [4.78, 5) is 14.8. The van der Waals surface area contributed by atoms with Crippen molar-refractivity contribution in [3.8, 4) is 0 Å². The standard InChI is InChI=1S/C15H19N3O3/c1-9-5-6-13(7-14(9)18(19)20)11(3)17-12(4)15-16-8-10(2)21-15/h5-8,11-12,17H,1-4H3. The Hall–Kier alpha value is -2.21. The van der Waals surface area contributed by atoms with Crippen molar-refractivity contribution >= 4 is 5.69 Å². The Kier molecular flexibility index (Phi) is 4.37. The Morgan fingerprint density at radius 1 is 1.29 bits per heavy atom. The lowest BCUT2D eigenvalue weighted by molar-refractivity contribution is -0.385. The Labute approximate surface area is 123 Å². The molecule has 0 bridgehead atoms. The van der Waals surface area contributed by atoms with Gasteiger partial charge >= 0.3 is 0 Å². The van der Waals surface area contributed by atoms with Gasteiger partial charge < -0.3 is 4.42 Å². The number of rotatable bonds is 5. The smallest absolute Gasteiger partial charge is 0.272 e. The molecule has 112 valence electrons. The van der Waals surface area contributed by atoms with E-state index in [0.29, 0.717) is 11.5 Å². The molecule has 0 aliphatic rings. The van der Waals surface area contributed by atoms with E-state index in [1.54, 1.807) is 25.3 Å². The summed E-state index contributed by atoms with van der Waals surface area (Å²) in [6.45, 7) is 7.49. The first kappa shape index (κ1) is 15.2. The van der Waals surface area contributed by atoms with Crippen LogP contribution in [0.5, 0.6) is 0 Å². The summed E-state index contributed by atoms with van der Waals surface area (Å²) in [5.41, 5.74) is 1.66. The van der Waals surface area contributed by atoms with E-state index in [-0.39, 0.29) is 22.7 Å². The van der Waals surface area contributed by atoms with Gasteiger partial charge in [-0.3, -0.25) is 15.4 Å². The lowest BCUT2D eigenvalue weighted by Crippen LogP contribution is -2.22. The minimum absolute atomic E-state index is 0.0495. The molecular formula is C15H19N3O3. The molecule has 0 spiro atoms. The highest BCUT2D eigenvalue weighted by molar-refractivity contribution is 5.43. The van der Waals surface area contributed by atoms with Crippen molar-refractivity contribution in [3.05, 3.63) is 57.3 Å². The van der Waals surface area contributed by atoms with Crippen molar-refractivity contribution in [2.24, 2.45) is 0 Å². The fourth-order valence-electron chi connectivity index (χ4n) is 2.21. The average Bonchev–Trinajstić information content (AvgIpc) is 2.85. The molecule has 2 aromatic rings. The SMILES string of the molecule is Cc1cnc(C(C)NC(C)c2ccc(C)c([N+](=O)[O-])c2)o1. The molecule has 2 rings (SSSR count). The van der Waals surface area contributed by atoms with Crippen molar-refractivity contribution in [3.63, 3.8) is 0 Å². The van der Waals surface area contributed by atoms with Crippen LogP contribution in [-0.2, 0) is 0 Å². The number of nitrogens with one attached hydrogen (secondary N) is 1. The zero-order chi connectivity index (χ0) is 15.6. The van der Waals surface area contributed by atoms with Gasteiger partial charge in [0.1, 0.15) is 5.76 Å². The van der Waals surface area contributed by atoms with Gasteiger partial charge in [-0.05, 0) is 33.3 Å². The number of aryl methyl sites for hydroxylation is 2. The number of hydrogen-bond acceptors (Lipinski definition) is 5. The Morgan fingerprint density at radius 2 is 2.00 bits per heavy atom. The third-order valence-corrected chi connectivity index (χ3v) is 3.44. The topological polar surface area (TPSA) is 81.2 Å². The summed E-state index contributed by atoms with van der Waals surface area (Å²) in [5.74, 6) is 1.37. The second kappa shape index (κ2) is 6.05. The number of benzene rings is 1. The molecule has 6 nitrogen and oxygen atoms in total. The molecule has 1 aromatic carbocycles. The molecule has 1 aromatic heterocycles. The molecule has 1 N–H and O–H groups in total. The zero-order valence-corrected chi connectivity index (χ0v) is 12.6. The predicted molar refractivity (Wildman–Crippen MR) is 79.0 cm³/mol. The third-order valence-electron chi connectivity index (χ3n) is 3.44. The van der Waals surface area contributed by atoms with Crippen molar-refractivity contribution in [1.29, 1.82) is 0 Å². The van der Waals surface area contributed by atoms with Gasteiger partial charge in [0, 0.05) is 17.7 Å². The van der Waals surface area contributed by atoms with E-state index in [9.17, 15) is 10.1 Å². The molecule has 0 aliphatic heterocycles. The molecular weight excluding hydrogens is 270 g/mol. The van der Waals surface area contributed by atoms with Gasteiger partial charge in [0.2, 0.25) is 5.89 Å². The quantitative estimate of drug-likeness (QED) is 0.671. The zero-order valence-electron chi connectivity index (χ0n) is 12.6. The van der Waals surface area contributed by atoms with Gasteiger partial charge in [0.25, 0.3) is 5.69 Å². The van der Waals surface area contributed by atoms with E-state index in [1.807, 2.05) is 26.8 Å². The fourth-order valence-corrected chi connectivity index (χ4v) is 2.21. The first-order valence-electron chi connectivity index (χ1n) is 6.81. The summed E-state index contributed by atoms with van der Waals surface area (Å²) in [6, 6.07) is 5.15. The fraction of sp³-hybridized carbons (Fsp3) is 0.400. The number of oxazole rings is 1. The Bertz CT molecular complexity index is 651. The number of aromatic nitrogens is 1. The van der Waals surface area contributed by atoms with E-state index in [2.05, 4.69) is 10.3 Å². The number of nitrogens with zero attached hydrogens (tertiary/aromatic N) is 2. The minimum Gasteiger partial charge on any atom is -0.444 e. The van der Waals surface area contributed by atoms with Crippen LogP contribution in [0.4, 0.5) is 5.69 Å². The molecule has 0 saturated heterocycles. The van der Waals surface area contributed by atoms with Gasteiger partial charge in [-0.25, -0.2) is 4.98 Å². The maximum atomic E-state index is 11.0. The summed E-state index contributed by atoms with van der Waals surface area (Å²) in [5, 5.41) is 14.3. The summed E-state index contributed by atoms with van der Waals surface area (Å²) in [7, 11) is 0. The molecule has 0 amide bonds. The van der Waals surface area contributed by atoms with E-state index in [1.165, 1.54) is 0 Å². The van der Waals surface area contributed by atoms with Crippen LogP contribution >= 0.6 is 0 Å². The van der Waals surface area contributed by atoms with Crippen LogP contribution < -0.4 is 5.32 Å². The van der Waals surface area contributed by atoms with Crippen molar-refractivity contribution in [2.75, 3.05) is 0 Å². The molecule has 1 heterocycles. The van der Waals surface area contributed by atoms with E-state index < -0.39 is 0 Å². The number of hydrogen-bond donors (Lipinski definition) is 1. The monoisotopic (exact) mass is 289 g/mol. The molecule has 6 heteroatoms. The molecule has 2 atom stereocenters. The third kappa shape index (κ3) is 3.46. The van der Waals surface area contributed by atoms with Crippen molar-refractivity contribution in [2.45, 2.75) is 39.8 Å². The number of nitro groups is 1. The highest BCUT2D eigenvalue weighted by atomic mass is 16.6. The van der Waals surface area contributed by atoms with Crippen LogP contribution in [0.1, 0.15) is 48.7 Å². The highest BCUT2D eigenvalue weighted by Gasteiger charge is 2.18. The Balaban J connectivity index is 2.15. The molecule has 2 unspecified atom stereocenters. The molecule has 0 fully saturated rings. The Morgan fingerprint density at radius 3 is 2.57 bits per heavy atom. The lowest BCUT2D eigenvalue weighted by Gasteiger charge is -2.18. The highest BCUT2D eigenvalue weighted by Crippen LogP contribution is 2.25. The van der Waals surface area contributed by atoms with Crippen LogP contribution in [0.15, 0.2) is 28.8 Å². The molecule has 0 radical (unpaired) electrons. The van der Waals surface area contributed by atoms with E-state index >= 15 is 0 Å². The maximum Gasteiger partial charge on any atom is 0.272 e. The second-order valence-electron chi connectivity index (χ2n) is 5.22. The average molecular weight is 289 g/mol. The first-order valence-corrected chi connectivity index (χ1v) is 6.81. The lowest BCUT2D eigenvalue weighted by atomic mass is 10.0. The first-order chi connectivity index (χ1) is 9.88. The van der Waals surface area contributed by atoms with E-state index in [0.717, 1.165) is 11.3 Å². The summed E-state index contributed by atoms with van der Waals surface area (Å²) >= 11 is 0. The normalized spacial score (nSPS) is 13.9. The molecule has 21 heavy (non-hydrogen) atoms. The van der Waals surface area contributed by atoms with Gasteiger partial charge in [-0.1, -0.05) is 12.1 Å². The minimum atomic E-state index is -0.355. The summed E-state index contributed by atoms with van der Waals surface area (Å²) < 4.78 is 5.48. The van der Waals surface area contributed by atoms with E-state index in [4.69, 9.17) is 4.42 Å². The second-order valence-corrected chi connectivity index (χ2v) is 5.22. The number of nitro benzene ring substituents is 1. The van der Waals surface area contributed by atoms with Crippen LogP contribution in [-0.4, -0.2) is 9.91 Å². The maximum absolute atomic E-state index is 11.0. The predicted octanol–water partition coefficient (Wildman–Crippen LogP) is 3.61. The van der Waals surface area contributed by atoms with Crippen LogP contribution in [0, 0.1) is 24.0 Å². The van der Waals surface area contributed by atoms with Crippen molar-refractivity contribution < 1.29 is 9.34 Å². The van der Waals surface area contributed by atoms with Crippen molar-refractivity contribution in [1.82, 2.24) is 10.3 Å². The van der Waals surface area contributed by atoms with Crippen LogP contribution in [0.2, 0.25) is 0 Å². The largest absolute Gasteiger partial charge is 0.444 e. The van der Waals surface area contributed by atoms with Gasteiger partial charge in [0.05, 0.1) is 17.2 Å². The van der Waals surface area contributed by atoms with Gasteiger partial charge in [-0.15, -0.1) is 0 Å².